The molecule has 0 spiro atoms. The number of hydrogen-bond donors (Lipinski definition) is 1. The summed E-state index contributed by atoms with van der Waals surface area (Å²) in [6.45, 7) is 7.22. The van der Waals surface area contributed by atoms with E-state index in [1.54, 1.807) is 0 Å². The lowest BCUT2D eigenvalue weighted by Crippen LogP contribution is -2.58. The zero-order valence-electron chi connectivity index (χ0n) is 11.7. The van der Waals surface area contributed by atoms with E-state index in [9.17, 15) is 0 Å². The van der Waals surface area contributed by atoms with Crippen LogP contribution in [-0.4, -0.2) is 81.3 Å². The minimum absolute atomic E-state index is 0.625. The van der Waals surface area contributed by atoms with Crippen molar-refractivity contribution in [1.29, 1.82) is 0 Å². The largest absolute Gasteiger partial charge is 0.314 e. The maximum absolute atomic E-state index is 3.45. The average Bonchev–Trinajstić information content (AvgIpc) is 2.30. The summed E-state index contributed by atoms with van der Waals surface area (Å²) in [7, 11) is 6.74. The summed E-state index contributed by atoms with van der Waals surface area (Å²) < 4.78 is 0. The van der Waals surface area contributed by atoms with Gasteiger partial charge < -0.3 is 10.2 Å². The van der Waals surface area contributed by atoms with Gasteiger partial charge in [-0.15, -0.1) is 0 Å². The van der Waals surface area contributed by atoms with E-state index in [-0.39, 0.29) is 0 Å². The Morgan fingerprint density at radius 1 is 1.18 bits per heavy atom. The molecule has 2 fully saturated rings. The van der Waals surface area contributed by atoms with E-state index in [1.165, 1.54) is 39.0 Å². The summed E-state index contributed by atoms with van der Waals surface area (Å²) in [5, 5.41) is 3.45. The predicted octanol–water partition coefficient (Wildman–Crippen LogP) is 0.121. The molecule has 100 valence electrons. The first-order chi connectivity index (χ1) is 8.18. The minimum atomic E-state index is 0.625. The van der Waals surface area contributed by atoms with Gasteiger partial charge in [0.05, 0.1) is 6.17 Å². The van der Waals surface area contributed by atoms with Crippen molar-refractivity contribution in [3.05, 3.63) is 0 Å². The van der Waals surface area contributed by atoms with Crippen LogP contribution in [0.1, 0.15) is 12.8 Å². The molecule has 17 heavy (non-hydrogen) atoms. The molecule has 2 aliphatic heterocycles. The third-order valence-electron chi connectivity index (χ3n) is 4.14. The van der Waals surface area contributed by atoms with Gasteiger partial charge in [-0.1, -0.05) is 0 Å². The summed E-state index contributed by atoms with van der Waals surface area (Å²) in [5.74, 6) is 0.807. The highest BCUT2D eigenvalue weighted by Gasteiger charge is 2.32. The number of piperazine rings is 1. The van der Waals surface area contributed by atoms with Crippen LogP contribution in [0.5, 0.6) is 0 Å². The molecule has 2 saturated heterocycles. The quantitative estimate of drug-likeness (QED) is 0.756. The fourth-order valence-electron chi connectivity index (χ4n) is 3.44. The van der Waals surface area contributed by atoms with Gasteiger partial charge in [-0.2, -0.15) is 0 Å². The van der Waals surface area contributed by atoms with Crippen LogP contribution < -0.4 is 5.32 Å². The van der Waals surface area contributed by atoms with Gasteiger partial charge in [-0.3, -0.25) is 9.80 Å². The molecule has 2 heterocycles. The third kappa shape index (κ3) is 3.41. The van der Waals surface area contributed by atoms with Gasteiger partial charge in [0.15, 0.2) is 0 Å². The molecule has 2 unspecified atom stereocenters. The summed E-state index contributed by atoms with van der Waals surface area (Å²) in [6.07, 6.45) is 3.37. The standard InChI is InChI=1S/C13H28N4/c1-15(2)13(17-9-6-14-7-10-17)12-5-4-8-16(3)11-12/h12-14H,4-11H2,1-3H3. The first kappa shape index (κ1) is 13.3. The summed E-state index contributed by atoms with van der Waals surface area (Å²) >= 11 is 0. The molecule has 0 bridgehead atoms. The highest BCUT2D eigenvalue weighted by molar-refractivity contribution is 4.84. The van der Waals surface area contributed by atoms with Crippen molar-refractivity contribution in [3.8, 4) is 0 Å². The smallest absolute Gasteiger partial charge is 0.0659 e. The zero-order chi connectivity index (χ0) is 12.3. The highest BCUT2D eigenvalue weighted by Crippen LogP contribution is 2.24. The molecular weight excluding hydrogens is 212 g/mol. The van der Waals surface area contributed by atoms with E-state index >= 15 is 0 Å². The number of piperidine rings is 1. The SMILES string of the molecule is CN1CCCC(C(N(C)C)N2CCNCC2)C1. The van der Waals surface area contributed by atoms with Crippen molar-refractivity contribution in [1.82, 2.24) is 20.0 Å². The molecule has 0 saturated carbocycles. The van der Waals surface area contributed by atoms with Gasteiger partial charge in [-0.25, -0.2) is 0 Å². The van der Waals surface area contributed by atoms with Gasteiger partial charge in [0.25, 0.3) is 0 Å². The van der Waals surface area contributed by atoms with E-state index in [0.717, 1.165) is 19.0 Å². The van der Waals surface area contributed by atoms with Crippen LogP contribution in [0.3, 0.4) is 0 Å². The number of rotatable bonds is 3. The van der Waals surface area contributed by atoms with E-state index < -0.39 is 0 Å². The van der Waals surface area contributed by atoms with E-state index in [1.807, 2.05) is 0 Å². The van der Waals surface area contributed by atoms with E-state index in [2.05, 4.69) is 41.2 Å². The van der Waals surface area contributed by atoms with Crippen molar-refractivity contribution in [2.75, 3.05) is 60.4 Å². The lowest BCUT2D eigenvalue weighted by atomic mass is 9.93. The Balaban J connectivity index is 1.99. The minimum Gasteiger partial charge on any atom is -0.314 e. The van der Waals surface area contributed by atoms with Crippen molar-refractivity contribution in [2.45, 2.75) is 19.0 Å². The van der Waals surface area contributed by atoms with Crippen molar-refractivity contribution in [3.63, 3.8) is 0 Å². The molecule has 2 aliphatic rings. The predicted molar refractivity (Wildman–Crippen MR) is 72.1 cm³/mol. The lowest BCUT2D eigenvalue weighted by molar-refractivity contribution is -0.00238. The van der Waals surface area contributed by atoms with Crippen molar-refractivity contribution >= 4 is 0 Å². The summed E-state index contributed by atoms with van der Waals surface area (Å²) in [6, 6.07) is 0. The Kier molecular flexibility index (Phi) is 4.79. The molecule has 4 nitrogen and oxygen atoms in total. The number of nitrogens with one attached hydrogen (secondary N) is 1. The van der Waals surface area contributed by atoms with Crippen LogP contribution in [0.15, 0.2) is 0 Å². The van der Waals surface area contributed by atoms with Crippen LogP contribution in [0, 0.1) is 5.92 Å². The molecule has 1 N–H and O–H groups in total. The Morgan fingerprint density at radius 2 is 1.88 bits per heavy atom. The Bertz CT molecular complexity index is 225. The Morgan fingerprint density at radius 3 is 2.47 bits per heavy atom. The van der Waals surface area contributed by atoms with Crippen LogP contribution in [0.25, 0.3) is 0 Å². The van der Waals surface area contributed by atoms with Gasteiger partial charge in [0, 0.05) is 38.6 Å². The Hall–Kier alpha value is -0.160. The van der Waals surface area contributed by atoms with E-state index in [4.69, 9.17) is 0 Å². The second-order valence-electron chi connectivity index (χ2n) is 5.83. The average molecular weight is 240 g/mol. The molecule has 2 rings (SSSR count). The topological polar surface area (TPSA) is 21.8 Å². The second kappa shape index (κ2) is 6.14. The third-order valence-corrected chi connectivity index (χ3v) is 4.14. The molecule has 0 aromatic carbocycles. The van der Waals surface area contributed by atoms with E-state index in [0.29, 0.717) is 6.17 Å². The first-order valence-electron chi connectivity index (χ1n) is 6.98. The van der Waals surface area contributed by atoms with Gasteiger partial charge in [-0.05, 0) is 40.5 Å². The van der Waals surface area contributed by atoms with Crippen LogP contribution >= 0.6 is 0 Å². The van der Waals surface area contributed by atoms with Crippen LogP contribution in [0.2, 0.25) is 0 Å². The molecule has 2 atom stereocenters. The fourth-order valence-corrected chi connectivity index (χ4v) is 3.44. The highest BCUT2D eigenvalue weighted by atomic mass is 15.4. The molecular formula is C13H28N4. The Labute approximate surface area is 106 Å². The van der Waals surface area contributed by atoms with Gasteiger partial charge in [0.2, 0.25) is 0 Å². The first-order valence-corrected chi connectivity index (χ1v) is 6.98. The maximum Gasteiger partial charge on any atom is 0.0659 e. The summed E-state index contributed by atoms with van der Waals surface area (Å²) in [4.78, 5) is 7.59. The maximum atomic E-state index is 3.45. The fraction of sp³-hybridized carbons (Fsp3) is 1.00. The second-order valence-corrected chi connectivity index (χ2v) is 5.83. The monoisotopic (exact) mass is 240 g/mol. The normalized spacial score (nSPS) is 30.7. The van der Waals surface area contributed by atoms with Crippen LogP contribution in [0.4, 0.5) is 0 Å². The number of hydrogen-bond acceptors (Lipinski definition) is 4. The summed E-state index contributed by atoms with van der Waals surface area (Å²) in [5.41, 5.74) is 0. The molecule has 0 aromatic rings. The van der Waals surface area contributed by atoms with Gasteiger partial charge >= 0.3 is 0 Å². The van der Waals surface area contributed by atoms with Gasteiger partial charge in [0.1, 0.15) is 0 Å². The molecule has 0 aliphatic carbocycles. The number of likely N-dealkylation sites (tertiary alicyclic amines) is 1. The van der Waals surface area contributed by atoms with Crippen molar-refractivity contribution < 1.29 is 0 Å². The molecule has 4 heteroatoms. The van der Waals surface area contributed by atoms with Crippen LogP contribution in [-0.2, 0) is 0 Å². The lowest BCUT2D eigenvalue weighted by Gasteiger charge is -2.45. The number of nitrogens with zero attached hydrogens (tertiary/aromatic N) is 3. The van der Waals surface area contributed by atoms with Crippen molar-refractivity contribution in [2.24, 2.45) is 5.92 Å². The molecule has 0 radical (unpaired) electrons. The molecule has 0 aromatic heterocycles. The zero-order valence-corrected chi connectivity index (χ0v) is 11.7. The molecule has 0 amide bonds.